The lowest BCUT2D eigenvalue weighted by Crippen LogP contribution is -2.46. The van der Waals surface area contributed by atoms with Crippen molar-refractivity contribution in [2.24, 2.45) is 0 Å². The molecule has 0 atom stereocenters. The van der Waals surface area contributed by atoms with Crippen molar-refractivity contribution < 1.29 is 17.6 Å². The van der Waals surface area contributed by atoms with Crippen LogP contribution in [0.15, 0.2) is 57.3 Å². The predicted octanol–water partition coefficient (Wildman–Crippen LogP) is 3.20. The Morgan fingerprint density at radius 3 is 2.59 bits per heavy atom. The molecule has 7 nitrogen and oxygen atoms in total. The largest absolute Gasteiger partial charge is 0.349 e. The Hall–Kier alpha value is -2.69. The predicted molar refractivity (Wildman–Crippen MR) is 120 cm³/mol. The number of carbonyl (C=O) groups excluding carboxylic acids is 1. The Kier molecular flexibility index (Phi) is 5.31. The van der Waals surface area contributed by atoms with Crippen LogP contribution in [0.3, 0.4) is 0 Å². The highest BCUT2D eigenvalue weighted by Gasteiger charge is 2.31. The summed E-state index contributed by atoms with van der Waals surface area (Å²) in [4.78, 5) is 18.2. The number of rotatable bonds is 4. The minimum Gasteiger partial charge on any atom is -0.349 e. The maximum Gasteiger partial charge on any atom is 0.258 e. The van der Waals surface area contributed by atoms with E-state index in [2.05, 4.69) is 10.3 Å². The van der Waals surface area contributed by atoms with E-state index in [-0.39, 0.29) is 16.8 Å². The van der Waals surface area contributed by atoms with Gasteiger partial charge in [-0.2, -0.15) is 4.31 Å². The van der Waals surface area contributed by atoms with Gasteiger partial charge in [0.05, 0.1) is 26.2 Å². The van der Waals surface area contributed by atoms with Crippen LogP contribution in [-0.4, -0.2) is 47.1 Å². The minimum atomic E-state index is -3.68. The van der Waals surface area contributed by atoms with Gasteiger partial charge in [0.25, 0.3) is 5.91 Å². The molecule has 1 aromatic carbocycles. The second-order valence-electron chi connectivity index (χ2n) is 7.86. The molecule has 2 aromatic heterocycles. The van der Waals surface area contributed by atoms with E-state index < -0.39 is 15.8 Å². The molecule has 1 N–H and O–H groups in total. The number of sulfonamides is 1. The zero-order chi connectivity index (χ0) is 22.5. The van der Waals surface area contributed by atoms with E-state index in [1.807, 2.05) is 35.6 Å². The van der Waals surface area contributed by atoms with Crippen LogP contribution in [0.2, 0.25) is 0 Å². The standard InChI is InChI=1S/C22H21FN4O3S2/c1-14-18-13-19(31-21-4-2-3-20(24-14)27(18)21)22(28)25-16-9-11-26(12-10-16)32(29,30)17-7-5-15(23)6-8-17/h2-8,13,16H,9-12H2,1H3,(H,25,28). The van der Waals surface area contributed by atoms with Crippen molar-refractivity contribution >= 4 is 39.4 Å². The van der Waals surface area contributed by atoms with Gasteiger partial charge in [-0.15, -0.1) is 0 Å². The Bertz CT molecular complexity index is 1340. The number of hydrogen-bond donors (Lipinski definition) is 1. The van der Waals surface area contributed by atoms with Gasteiger partial charge in [-0.25, -0.2) is 17.8 Å². The molecule has 10 heteroatoms. The Morgan fingerprint density at radius 2 is 1.88 bits per heavy atom. The number of benzene rings is 1. The molecule has 1 saturated heterocycles. The summed E-state index contributed by atoms with van der Waals surface area (Å²) in [5, 5.41) is 3.99. The lowest BCUT2D eigenvalue weighted by atomic mass is 10.1. The molecular formula is C22H21FN4O3S2. The molecular weight excluding hydrogens is 451 g/mol. The number of aromatic nitrogens is 2. The highest BCUT2D eigenvalue weighted by atomic mass is 32.2. The summed E-state index contributed by atoms with van der Waals surface area (Å²) in [6.07, 6.45) is 2.88. The van der Waals surface area contributed by atoms with Gasteiger partial charge in [-0.3, -0.25) is 9.20 Å². The quantitative estimate of drug-likeness (QED) is 0.631. The van der Waals surface area contributed by atoms with Crippen LogP contribution in [0.1, 0.15) is 24.2 Å². The zero-order valence-electron chi connectivity index (χ0n) is 17.3. The average Bonchev–Trinajstić information content (AvgIpc) is 3.11. The van der Waals surface area contributed by atoms with Gasteiger partial charge in [-0.1, -0.05) is 17.8 Å². The molecule has 3 aromatic rings. The molecule has 2 aliphatic rings. The first kappa shape index (κ1) is 21.2. The molecule has 0 bridgehead atoms. The van der Waals surface area contributed by atoms with Crippen molar-refractivity contribution in [3.63, 3.8) is 0 Å². The van der Waals surface area contributed by atoms with Gasteiger partial charge in [-0.05, 0) is 62.2 Å². The third kappa shape index (κ3) is 3.72. The monoisotopic (exact) mass is 472 g/mol. The smallest absolute Gasteiger partial charge is 0.258 e. The number of imidazole rings is 1. The van der Waals surface area contributed by atoms with Gasteiger partial charge >= 0.3 is 0 Å². The van der Waals surface area contributed by atoms with E-state index in [0.29, 0.717) is 30.8 Å². The molecule has 5 rings (SSSR count). The molecule has 0 unspecified atom stereocenters. The summed E-state index contributed by atoms with van der Waals surface area (Å²) in [5.41, 5.74) is 2.62. The molecule has 2 aliphatic heterocycles. The van der Waals surface area contributed by atoms with E-state index in [1.165, 1.54) is 28.2 Å². The van der Waals surface area contributed by atoms with Gasteiger partial charge in [0.1, 0.15) is 11.5 Å². The van der Waals surface area contributed by atoms with Crippen LogP contribution in [-0.2, 0) is 14.8 Å². The first-order valence-corrected chi connectivity index (χ1v) is 12.5. The maximum absolute atomic E-state index is 13.1. The fourth-order valence-electron chi connectivity index (χ4n) is 4.08. The number of aryl methyl sites for hydroxylation is 1. The van der Waals surface area contributed by atoms with Crippen molar-refractivity contribution in [3.05, 3.63) is 64.6 Å². The number of nitrogens with zero attached hydrogens (tertiary/aromatic N) is 3. The number of pyridine rings is 1. The highest BCUT2D eigenvalue weighted by Crippen LogP contribution is 2.35. The molecule has 4 heterocycles. The SMILES string of the molecule is Cc1nc2cccc3n2c1C=C(C(=O)NC1CCN(S(=O)(=O)c2ccc(F)cc2)CC1)S3. The Labute approximate surface area is 189 Å². The minimum absolute atomic E-state index is 0.0753. The number of piperidine rings is 1. The van der Waals surface area contributed by atoms with Crippen LogP contribution in [0, 0.1) is 12.7 Å². The van der Waals surface area contributed by atoms with E-state index in [0.717, 1.165) is 34.2 Å². The third-order valence-corrected chi connectivity index (χ3v) is 8.74. The van der Waals surface area contributed by atoms with Crippen LogP contribution in [0.4, 0.5) is 4.39 Å². The average molecular weight is 473 g/mol. The topological polar surface area (TPSA) is 83.8 Å². The van der Waals surface area contributed by atoms with Crippen molar-refractivity contribution in [2.75, 3.05) is 13.1 Å². The van der Waals surface area contributed by atoms with Crippen molar-refractivity contribution in [1.29, 1.82) is 0 Å². The molecule has 0 radical (unpaired) electrons. The fourth-order valence-corrected chi connectivity index (χ4v) is 6.53. The summed E-state index contributed by atoms with van der Waals surface area (Å²) in [7, 11) is -3.68. The number of carbonyl (C=O) groups is 1. The summed E-state index contributed by atoms with van der Waals surface area (Å²) in [6.45, 7) is 2.51. The summed E-state index contributed by atoms with van der Waals surface area (Å²) < 4.78 is 42.1. The van der Waals surface area contributed by atoms with E-state index in [9.17, 15) is 17.6 Å². The number of thioether (sulfide) groups is 1. The van der Waals surface area contributed by atoms with Gasteiger partial charge < -0.3 is 5.32 Å². The Balaban J connectivity index is 1.25. The van der Waals surface area contributed by atoms with Crippen LogP contribution < -0.4 is 5.32 Å². The molecule has 166 valence electrons. The first-order valence-electron chi connectivity index (χ1n) is 10.3. The number of nitrogens with one attached hydrogen (secondary N) is 1. The zero-order valence-corrected chi connectivity index (χ0v) is 18.9. The summed E-state index contributed by atoms with van der Waals surface area (Å²) in [5.74, 6) is -0.645. The number of hydrogen-bond acceptors (Lipinski definition) is 5. The second kappa shape index (κ2) is 8.02. The molecule has 0 aliphatic carbocycles. The molecule has 0 saturated carbocycles. The lowest BCUT2D eigenvalue weighted by Gasteiger charge is -2.32. The Morgan fingerprint density at radius 1 is 1.16 bits per heavy atom. The van der Waals surface area contributed by atoms with E-state index in [1.54, 1.807) is 0 Å². The van der Waals surface area contributed by atoms with E-state index in [4.69, 9.17) is 0 Å². The van der Waals surface area contributed by atoms with Gasteiger partial charge in [0.2, 0.25) is 10.0 Å². The van der Waals surface area contributed by atoms with Crippen molar-refractivity contribution in [2.45, 2.75) is 35.7 Å². The molecule has 0 spiro atoms. The van der Waals surface area contributed by atoms with E-state index >= 15 is 0 Å². The van der Waals surface area contributed by atoms with Gasteiger partial charge in [0, 0.05) is 19.1 Å². The second-order valence-corrected chi connectivity index (χ2v) is 10.9. The van der Waals surface area contributed by atoms with Gasteiger partial charge in [0.15, 0.2) is 0 Å². The lowest BCUT2D eigenvalue weighted by molar-refractivity contribution is -0.117. The number of amides is 1. The fraction of sp³-hybridized carbons (Fsp3) is 0.273. The molecule has 1 amide bonds. The van der Waals surface area contributed by atoms with Crippen molar-refractivity contribution in [3.8, 4) is 0 Å². The van der Waals surface area contributed by atoms with Crippen molar-refractivity contribution in [1.82, 2.24) is 19.0 Å². The maximum atomic E-state index is 13.1. The van der Waals surface area contributed by atoms with Crippen LogP contribution >= 0.6 is 11.8 Å². The normalized spacial score (nSPS) is 17.4. The third-order valence-electron chi connectivity index (χ3n) is 5.77. The number of halogens is 1. The summed E-state index contributed by atoms with van der Waals surface area (Å²) >= 11 is 1.40. The molecule has 32 heavy (non-hydrogen) atoms. The van der Waals surface area contributed by atoms with Crippen LogP contribution in [0.5, 0.6) is 0 Å². The summed E-state index contributed by atoms with van der Waals surface area (Å²) in [6, 6.07) is 10.5. The van der Waals surface area contributed by atoms with Crippen LogP contribution in [0.25, 0.3) is 11.7 Å². The highest BCUT2D eigenvalue weighted by molar-refractivity contribution is 8.04. The first-order chi connectivity index (χ1) is 15.3. The molecule has 1 fully saturated rings.